The molecule has 14 heavy (non-hydrogen) atoms. The van der Waals surface area contributed by atoms with Gasteiger partial charge in [0.05, 0.1) is 0 Å². The molecule has 0 aromatic heterocycles. The smallest absolute Gasteiger partial charge is 0.0319 e. The van der Waals surface area contributed by atoms with E-state index >= 15 is 0 Å². The van der Waals surface area contributed by atoms with Gasteiger partial charge in [0.25, 0.3) is 0 Å². The second-order valence-electron chi connectivity index (χ2n) is 3.92. The first kappa shape index (κ1) is 11.0. The van der Waals surface area contributed by atoms with E-state index in [1.165, 1.54) is 16.7 Å². The molecule has 76 valence electrons. The minimum Gasteiger partial charge on any atom is -0.303 e. The normalized spacial score (nSPS) is 12.9. The molecule has 1 heteroatoms. The Morgan fingerprint density at radius 3 is 2.50 bits per heavy atom. The summed E-state index contributed by atoms with van der Waals surface area (Å²) in [7, 11) is 4.19. The van der Waals surface area contributed by atoms with Crippen molar-refractivity contribution in [3.63, 3.8) is 0 Å². The molecule has 0 radical (unpaired) electrons. The third kappa shape index (κ3) is 2.05. The average Bonchev–Trinajstić information content (AvgIpc) is 2.16. The quantitative estimate of drug-likeness (QED) is 0.705. The Balaban J connectivity index is 3.20. The number of nitrogens with zero attached hydrogens (tertiary/aromatic N) is 1. The van der Waals surface area contributed by atoms with Gasteiger partial charge in [-0.1, -0.05) is 30.9 Å². The summed E-state index contributed by atoms with van der Waals surface area (Å²) in [5.41, 5.74) is 3.92. The highest BCUT2D eigenvalue weighted by molar-refractivity contribution is 5.56. The number of hydrogen-bond donors (Lipinski definition) is 0. The summed E-state index contributed by atoms with van der Waals surface area (Å²) < 4.78 is 0. The van der Waals surface area contributed by atoms with Gasteiger partial charge < -0.3 is 4.90 Å². The topological polar surface area (TPSA) is 3.24 Å². The first-order valence-corrected chi connectivity index (χ1v) is 4.96. The van der Waals surface area contributed by atoms with Gasteiger partial charge >= 0.3 is 0 Å². The molecule has 0 N–H and O–H groups in total. The van der Waals surface area contributed by atoms with Crippen molar-refractivity contribution in [3.05, 3.63) is 41.5 Å². The van der Waals surface area contributed by atoms with Crippen LogP contribution in [0.25, 0.3) is 6.08 Å². The predicted molar refractivity (Wildman–Crippen MR) is 63.4 cm³/mol. The molecule has 0 heterocycles. The Morgan fingerprint density at radius 2 is 2.00 bits per heavy atom. The van der Waals surface area contributed by atoms with E-state index in [0.717, 1.165) is 0 Å². The van der Waals surface area contributed by atoms with Crippen molar-refractivity contribution in [2.24, 2.45) is 0 Å². The highest BCUT2D eigenvalue weighted by Crippen LogP contribution is 2.24. The van der Waals surface area contributed by atoms with Crippen LogP contribution in [0, 0.1) is 6.92 Å². The van der Waals surface area contributed by atoms with Crippen molar-refractivity contribution in [1.29, 1.82) is 0 Å². The van der Waals surface area contributed by atoms with Crippen LogP contribution in [0.5, 0.6) is 0 Å². The Labute approximate surface area is 87.1 Å². The van der Waals surface area contributed by atoms with Crippen LogP contribution in [0.2, 0.25) is 0 Å². The van der Waals surface area contributed by atoms with Gasteiger partial charge in [-0.05, 0) is 44.6 Å². The summed E-state index contributed by atoms with van der Waals surface area (Å²) in [6.07, 6.45) is 1.95. The molecular formula is C13H19N. The summed E-state index contributed by atoms with van der Waals surface area (Å²) >= 11 is 0. The fraction of sp³-hybridized carbons (Fsp3) is 0.385. The standard InChI is InChI=1S/C13H19N/c1-6-12-10(2)8-7-9-13(12)11(3)14(4)5/h6-9,11H,1H2,2-5H3/t11-/m1/s1. The molecular weight excluding hydrogens is 170 g/mol. The first-order valence-electron chi connectivity index (χ1n) is 4.96. The summed E-state index contributed by atoms with van der Waals surface area (Å²) in [5.74, 6) is 0. The van der Waals surface area contributed by atoms with Crippen LogP contribution in [-0.2, 0) is 0 Å². The SMILES string of the molecule is C=Cc1c(C)cccc1[C@@H](C)N(C)C. The van der Waals surface area contributed by atoms with E-state index in [1.807, 2.05) is 6.08 Å². The fourth-order valence-corrected chi connectivity index (χ4v) is 1.62. The van der Waals surface area contributed by atoms with E-state index in [-0.39, 0.29) is 0 Å². The van der Waals surface area contributed by atoms with E-state index in [9.17, 15) is 0 Å². The monoisotopic (exact) mass is 189 g/mol. The maximum absolute atomic E-state index is 3.88. The zero-order chi connectivity index (χ0) is 10.7. The highest BCUT2D eigenvalue weighted by Gasteiger charge is 2.11. The molecule has 0 aliphatic rings. The van der Waals surface area contributed by atoms with Gasteiger partial charge in [0.2, 0.25) is 0 Å². The third-order valence-corrected chi connectivity index (χ3v) is 2.79. The maximum Gasteiger partial charge on any atom is 0.0319 e. The number of hydrogen-bond acceptors (Lipinski definition) is 1. The molecule has 0 saturated heterocycles. The van der Waals surface area contributed by atoms with Gasteiger partial charge in [0, 0.05) is 6.04 Å². The summed E-state index contributed by atoms with van der Waals surface area (Å²) in [6.45, 7) is 8.21. The van der Waals surface area contributed by atoms with Gasteiger partial charge in [-0.2, -0.15) is 0 Å². The van der Waals surface area contributed by atoms with E-state index < -0.39 is 0 Å². The maximum atomic E-state index is 3.88. The average molecular weight is 189 g/mol. The van der Waals surface area contributed by atoms with Crippen molar-refractivity contribution >= 4 is 6.08 Å². The van der Waals surface area contributed by atoms with Gasteiger partial charge in [0.1, 0.15) is 0 Å². The Morgan fingerprint density at radius 1 is 1.36 bits per heavy atom. The van der Waals surface area contributed by atoms with Gasteiger partial charge in [0.15, 0.2) is 0 Å². The van der Waals surface area contributed by atoms with Crippen molar-refractivity contribution in [2.75, 3.05) is 14.1 Å². The molecule has 0 saturated carbocycles. The minimum absolute atomic E-state index is 0.433. The van der Waals surface area contributed by atoms with Crippen LogP contribution < -0.4 is 0 Å². The molecule has 0 spiro atoms. The molecule has 1 rings (SSSR count). The zero-order valence-corrected chi connectivity index (χ0v) is 9.54. The number of aryl methyl sites for hydroxylation is 1. The fourth-order valence-electron chi connectivity index (χ4n) is 1.62. The van der Waals surface area contributed by atoms with E-state index in [2.05, 4.69) is 57.6 Å². The predicted octanol–water partition coefficient (Wildman–Crippen LogP) is 3.26. The molecule has 1 nitrogen and oxygen atoms in total. The lowest BCUT2D eigenvalue weighted by Gasteiger charge is -2.22. The summed E-state index contributed by atoms with van der Waals surface area (Å²) in [6, 6.07) is 6.85. The molecule has 0 amide bonds. The third-order valence-electron chi connectivity index (χ3n) is 2.79. The van der Waals surface area contributed by atoms with Gasteiger partial charge in [-0.25, -0.2) is 0 Å². The van der Waals surface area contributed by atoms with Crippen LogP contribution >= 0.6 is 0 Å². The lowest BCUT2D eigenvalue weighted by Crippen LogP contribution is -2.17. The number of benzene rings is 1. The molecule has 0 aliphatic carbocycles. The molecule has 1 aromatic carbocycles. The van der Waals surface area contributed by atoms with Crippen LogP contribution in [0.4, 0.5) is 0 Å². The van der Waals surface area contributed by atoms with E-state index in [1.54, 1.807) is 0 Å². The van der Waals surface area contributed by atoms with Crippen molar-refractivity contribution < 1.29 is 0 Å². The van der Waals surface area contributed by atoms with Crippen molar-refractivity contribution in [3.8, 4) is 0 Å². The number of rotatable bonds is 3. The minimum atomic E-state index is 0.433. The zero-order valence-electron chi connectivity index (χ0n) is 9.54. The highest BCUT2D eigenvalue weighted by atomic mass is 15.1. The molecule has 0 bridgehead atoms. The van der Waals surface area contributed by atoms with Crippen LogP contribution in [0.3, 0.4) is 0 Å². The second kappa shape index (κ2) is 4.43. The molecule has 0 aliphatic heterocycles. The lowest BCUT2D eigenvalue weighted by atomic mass is 9.97. The van der Waals surface area contributed by atoms with Gasteiger partial charge in [-0.3, -0.25) is 0 Å². The molecule has 1 atom stereocenters. The van der Waals surface area contributed by atoms with Crippen LogP contribution in [0.15, 0.2) is 24.8 Å². The Hall–Kier alpha value is -1.08. The second-order valence-corrected chi connectivity index (χ2v) is 3.92. The lowest BCUT2D eigenvalue weighted by molar-refractivity contribution is 0.321. The van der Waals surface area contributed by atoms with Crippen molar-refractivity contribution in [1.82, 2.24) is 4.90 Å². The summed E-state index contributed by atoms with van der Waals surface area (Å²) in [4.78, 5) is 2.21. The van der Waals surface area contributed by atoms with Crippen molar-refractivity contribution in [2.45, 2.75) is 19.9 Å². The largest absolute Gasteiger partial charge is 0.303 e. The summed E-state index contributed by atoms with van der Waals surface area (Å²) in [5, 5.41) is 0. The molecule has 1 aromatic rings. The van der Waals surface area contributed by atoms with E-state index in [0.29, 0.717) is 6.04 Å². The van der Waals surface area contributed by atoms with E-state index in [4.69, 9.17) is 0 Å². The van der Waals surface area contributed by atoms with Crippen LogP contribution in [0.1, 0.15) is 29.7 Å². The first-order chi connectivity index (χ1) is 6.57. The molecule has 0 fully saturated rings. The van der Waals surface area contributed by atoms with Gasteiger partial charge in [-0.15, -0.1) is 0 Å². The Kier molecular flexibility index (Phi) is 3.48. The molecule has 0 unspecified atom stereocenters. The van der Waals surface area contributed by atoms with Crippen LogP contribution in [-0.4, -0.2) is 19.0 Å². The Bertz CT molecular complexity index is 326.